The standard InChI is InChI=1S/C58H87N17O13/c1-4-33(2)48(75-50(82)40(60)28-36-17-21-38(76)22-18-36)56(88)74-44(30-37-19-23-39(77)24-20-37)52(84)67-31-46(78)69-34(3)49(81)73-45(29-35-12-6-5-7-13-35)55(87)72-42(14-8-9-25-59)53(85)71-43(16-11-27-66-58(63)64)54(86)70-41(15-10-26-65-57(61)62)51(83)68-32-47(79)80/h5-7,12-13,17-24,33-34,40-45,48,76-77H,4,8-11,14-16,25-32,59-60H2,1-3H3,(H,67,84)(H,68,83)(H,69,78)(H,70,86)(H,71,85)(H,72,87)(H,73,81)(H,74,88)(H,75,82)(H,79,80)(H4,61,62,65)(H4,63,64,66)/t33-,34-,40-,41-,42-,43-,44-,45-,48-/m0/s1. The highest BCUT2D eigenvalue weighted by Crippen LogP contribution is 2.16. The zero-order chi connectivity index (χ0) is 65.3. The Labute approximate surface area is 510 Å². The van der Waals surface area contributed by atoms with E-state index in [0.29, 0.717) is 36.0 Å². The van der Waals surface area contributed by atoms with E-state index in [2.05, 4.69) is 57.8 Å². The van der Waals surface area contributed by atoms with Crippen molar-refractivity contribution in [2.45, 2.75) is 140 Å². The number of aliphatic imine (C=N–C) groups is 2. The summed E-state index contributed by atoms with van der Waals surface area (Å²) in [6.07, 6.45) is 1.18. The number of nitrogens with two attached hydrogens (primary N) is 6. The fourth-order valence-corrected chi connectivity index (χ4v) is 8.69. The number of aliphatic carboxylic acids is 1. The number of hydrogen-bond donors (Lipinski definition) is 18. The number of phenols is 2. The smallest absolute Gasteiger partial charge is 0.322 e. The van der Waals surface area contributed by atoms with Crippen LogP contribution in [0.5, 0.6) is 11.5 Å². The van der Waals surface area contributed by atoms with E-state index in [1.807, 2.05) is 0 Å². The van der Waals surface area contributed by atoms with Gasteiger partial charge in [-0.25, -0.2) is 0 Å². The van der Waals surface area contributed by atoms with Gasteiger partial charge in [-0.05, 0) is 112 Å². The van der Waals surface area contributed by atoms with E-state index in [-0.39, 0.29) is 94.4 Å². The number of rotatable bonds is 39. The van der Waals surface area contributed by atoms with Gasteiger partial charge in [-0.15, -0.1) is 0 Å². The molecule has 0 aliphatic heterocycles. The molecular formula is C58H87N17O13. The summed E-state index contributed by atoms with van der Waals surface area (Å²) in [5.74, 6) is -9.55. The number of hydrogen-bond acceptors (Lipinski definition) is 16. The fourth-order valence-electron chi connectivity index (χ4n) is 8.69. The van der Waals surface area contributed by atoms with Crippen LogP contribution in [-0.4, -0.2) is 167 Å². The Morgan fingerprint density at radius 1 is 0.477 bits per heavy atom. The van der Waals surface area contributed by atoms with Crippen molar-refractivity contribution in [2.24, 2.45) is 50.3 Å². The van der Waals surface area contributed by atoms with Crippen molar-refractivity contribution in [3.63, 3.8) is 0 Å². The molecule has 482 valence electrons. The maximum absolute atomic E-state index is 14.4. The minimum absolute atomic E-state index is 0.00147. The predicted molar refractivity (Wildman–Crippen MR) is 327 cm³/mol. The number of carboxylic acids is 1. The molecule has 0 aliphatic rings. The lowest BCUT2D eigenvalue weighted by Crippen LogP contribution is -2.59. The van der Waals surface area contributed by atoms with Crippen molar-refractivity contribution in [1.29, 1.82) is 0 Å². The molecule has 3 rings (SSSR count). The summed E-state index contributed by atoms with van der Waals surface area (Å²) < 4.78 is 0. The van der Waals surface area contributed by atoms with Crippen LogP contribution in [-0.2, 0) is 67.2 Å². The molecule has 30 nitrogen and oxygen atoms in total. The number of nitrogens with one attached hydrogen (secondary N) is 9. The van der Waals surface area contributed by atoms with Gasteiger partial charge in [0.2, 0.25) is 53.2 Å². The number of carbonyl (C=O) groups is 10. The van der Waals surface area contributed by atoms with Gasteiger partial charge in [0.25, 0.3) is 0 Å². The zero-order valence-corrected chi connectivity index (χ0v) is 49.8. The maximum atomic E-state index is 14.4. The van der Waals surface area contributed by atoms with Crippen LogP contribution in [0.3, 0.4) is 0 Å². The van der Waals surface area contributed by atoms with Gasteiger partial charge in [0.05, 0.1) is 12.6 Å². The predicted octanol–water partition coefficient (Wildman–Crippen LogP) is -3.53. The molecule has 0 radical (unpaired) electrons. The third-order valence-electron chi connectivity index (χ3n) is 13.8. The van der Waals surface area contributed by atoms with Crippen molar-refractivity contribution in [3.05, 3.63) is 95.6 Å². The van der Waals surface area contributed by atoms with E-state index >= 15 is 0 Å². The summed E-state index contributed by atoms with van der Waals surface area (Å²) >= 11 is 0. The van der Waals surface area contributed by atoms with Crippen LogP contribution in [0.1, 0.15) is 88.8 Å². The molecule has 30 heteroatoms. The van der Waals surface area contributed by atoms with E-state index in [1.54, 1.807) is 56.3 Å². The van der Waals surface area contributed by atoms with Crippen LogP contribution in [0.2, 0.25) is 0 Å². The number of guanidine groups is 2. The Kier molecular flexibility index (Phi) is 31.8. The summed E-state index contributed by atoms with van der Waals surface area (Å²) in [6, 6.07) is 10.1. The van der Waals surface area contributed by atoms with Crippen molar-refractivity contribution < 1.29 is 63.3 Å². The third-order valence-corrected chi connectivity index (χ3v) is 13.8. The highest BCUT2D eigenvalue weighted by atomic mass is 16.4. The fraction of sp³-hybridized carbons (Fsp3) is 0.483. The minimum atomic E-state index is -1.38. The van der Waals surface area contributed by atoms with Crippen LogP contribution >= 0.6 is 0 Å². The van der Waals surface area contributed by atoms with Crippen LogP contribution < -0.4 is 82.3 Å². The molecule has 0 saturated heterocycles. The molecule has 24 N–H and O–H groups in total. The second kappa shape index (κ2) is 38.5. The van der Waals surface area contributed by atoms with E-state index in [9.17, 15) is 63.3 Å². The second-order valence-electron chi connectivity index (χ2n) is 21.0. The Morgan fingerprint density at radius 2 is 0.898 bits per heavy atom. The third kappa shape index (κ3) is 27.6. The van der Waals surface area contributed by atoms with Crippen molar-refractivity contribution in [1.82, 2.24) is 47.9 Å². The molecule has 0 fully saturated rings. The monoisotopic (exact) mass is 1230 g/mol. The highest BCUT2D eigenvalue weighted by molar-refractivity contribution is 5.98. The first kappa shape index (κ1) is 72.7. The molecule has 0 aliphatic carbocycles. The van der Waals surface area contributed by atoms with Gasteiger partial charge in [-0.1, -0.05) is 74.9 Å². The molecule has 88 heavy (non-hydrogen) atoms. The molecule has 3 aromatic carbocycles. The summed E-state index contributed by atoms with van der Waals surface area (Å²) in [4.78, 5) is 144. The van der Waals surface area contributed by atoms with Gasteiger partial charge in [0.15, 0.2) is 11.9 Å². The normalized spacial score (nSPS) is 13.9. The van der Waals surface area contributed by atoms with Gasteiger partial charge in [-0.3, -0.25) is 57.9 Å². The first-order valence-electron chi connectivity index (χ1n) is 28.8. The molecule has 9 amide bonds. The van der Waals surface area contributed by atoms with Gasteiger partial charge in [0, 0.05) is 25.9 Å². The van der Waals surface area contributed by atoms with Crippen LogP contribution in [0.15, 0.2) is 88.8 Å². The van der Waals surface area contributed by atoms with Gasteiger partial charge < -0.3 is 97.6 Å². The average Bonchev–Trinajstić information content (AvgIpc) is 3.70. The molecular weight excluding hydrogens is 1140 g/mol. The Bertz CT molecular complexity index is 2840. The van der Waals surface area contributed by atoms with E-state index in [4.69, 9.17) is 34.4 Å². The Morgan fingerprint density at radius 3 is 1.39 bits per heavy atom. The summed E-state index contributed by atoms with van der Waals surface area (Å²) in [7, 11) is 0. The van der Waals surface area contributed by atoms with Gasteiger partial charge in [-0.2, -0.15) is 0 Å². The molecule has 0 spiro atoms. The molecule has 3 aromatic rings. The first-order chi connectivity index (χ1) is 41.8. The topological polar surface area (TPSA) is 520 Å². The quantitative estimate of drug-likeness (QED) is 0.0149. The van der Waals surface area contributed by atoms with E-state index in [1.165, 1.54) is 43.3 Å². The van der Waals surface area contributed by atoms with E-state index < -0.39 is 126 Å². The lowest BCUT2D eigenvalue weighted by molar-refractivity contribution is -0.138. The van der Waals surface area contributed by atoms with E-state index in [0.717, 1.165) is 0 Å². The van der Waals surface area contributed by atoms with Crippen molar-refractivity contribution in [3.8, 4) is 11.5 Å². The average molecular weight is 1230 g/mol. The largest absolute Gasteiger partial charge is 0.508 e. The molecule has 0 bridgehead atoms. The number of amides is 9. The van der Waals surface area contributed by atoms with Crippen LogP contribution in [0, 0.1) is 5.92 Å². The molecule has 0 heterocycles. The lowest BCUT2D eigenvalue weighted by Gasteiger charge is -2.27. The maximum Gasteiger partial charge on any atom is 0.322 e. The minimum Gasteiger partial charge on any atom is -0.508 e. The second-order valence-corrected chi connectivity index (χ2v) is 21.0. The number of unbranched alkanes of at least 4 members (excludes halogenated alkanes) is 1. The number of nitrogens with zero attached hydrogens (tertiary/aromatic N) is 2. The van der Waals surface area contributed by atoms with Crippen LogP contribution in [0.25, 0.3) is 0 Å². The zero-order valence-electron chi connectivity index (χ0n) is 49.8. The van der Waals surface area contributed by atoms with Gasteiger partial charge in [0.1, 0.15) is 60.3 Å². The van der Waals surface area contributed by atoms with Crippen LogP contribution in [0.4, 0.5) is 0 Å². The summed E-state index contributed by atoms with van der Waals surface area (Å²) in [6.45, 7) is 3.72. The van der Waals surface area contributed by atoms with Crippen molar-refractivity contribution >= 4 is 71.1 Å². The number of carboxylic acid groups (broad SMARTS) is 1. The number of benzene rings is 3. The van der Waals surface area contributed by atoms with Crippen molar-refractivity contribution in [2.75, 3.05) is 32.7 Å². The Balaban J connectivity index is 1.83. The first-order valence-corrected chi connectivity index (χ1v) is 28.8. The molecule has 9 atom stereocenters. The molecule has 0 aromatic heterocycles. The number of phenolic OH excluding ortho intramolecular Hbond substituents is 2. The SMILES string of the molecule is CC[C@H](C)[C@H](NC(=O)[C@@H](N)Cc1ccc(O)cc1)C(=O)N[C@@H](Cc1ccc(O)cc1)C(=O)NCC(=O)N[C@@H](C)C(=O)N[C@@H](Cc1ccccc1)C(=O)N[C@@H](CCCCN)C(=O)N[C@@H](CCCN=C(N)N)C(=O)N[C@@H](CCCN=C(N)N)C(=O)NCC(=O)O. The Hall–Kier alpha value is -9.58. The number of carbonyl (C=O) groups excluding carboxylic acids is 9. The molecule has 0 unspecified atom stereocenters. The lowest BCUT2D eigenvalue weighted by atomic mass is 9.96. The highest BCUT2D eigenvalue weighted by Gasteiger charge is 2.34. The summed E-state index contributed by atoms with van der Waals surface area (Å²) in [5, 5.41) is 51.9. The number of aromatic hydroxyl groups is 2. The summed E-state index contributed by atoms with van der Waals surface area (Å²) in [5.41, 5.74) is 35.6. The van der Waals surface area contributed by atoms with Gasteiger partial charge >= 0.3 is 5.97 Å². The molecule has 0 saturated carbocycles.